The van der Waals surface area contributed by atoms with Crippen LogP contribution < -0.4 is 10.5 Å². The zero-order chi connectivity index (χ0) is 20.0. The third-order valence-electron chi connectivity index (χ3n) is 3.72. The summed E-state index contributed by atoms with van der Waals surface area (Å²) in [5, 5.41) is 19.4. The van der Waals surface area contributed by atoms with Gasteiger partial charge in [-0.15, -0.1) is 0 Å². The van der Waals surface area contributed by atoms with Gasteiger partial charge in [0.2, 0.25) is 10.0 Å². The van der Waals surface area contributed by atoms with Crippen LogP contribution in [0.2, 0.25) is 0 Å². The van der Waals surface area contributed by atoms with Gasteiger partial charge in [0.1, 0.15) is 11.1 Å². The molecule has 0 saturated carbocycles. The zero-order valence-corrected chi connectivity index (χ0v) is 16.5. The fourth-order valence-corrected chi connectivity index (χ4v) is 4.05. The average Bonchev–Trinajstić information content (AvgIpc) is 2.61. The number of anilines is 1. The number of hydrogen-bond donors (Lipinski definition) is 2. The number of nitro benzene ring substituents is 1. The maximum atomic E-state index is 11.4. The molecule has 2 aromatic carbocycles. The smallest absolute Gasteiger partial charge is 0.293 e. The highest BCUT2D eigenvalue weighted by Gasteiger charge is 2.21. The number of nitrogens with two attached hydrogens (primary N) is 1. The van der Waals surface area contributed by atoms with Crippen LogP contribution in [0.4, 0.5) is 11.4 Å². The molecule has 0 aromatic heterocycles. The summed E-state index contributed by atoms with van der Waals surface area (Å²) in [5.74, 6) is 0. The molecular formula is C17H21N3O5S2. The molecule has 0 radical (unpaired) electrons. The number of nitro groups is 1. The quantitative estimate of drug-likeness (QED) is 0.281. The Morgan fingerprint density at radius 3 is 2.48 bits per heavy atom. The summed E-state index contributed by atoms with van der Waals surface area (Å²) >= 11 is 1.55. The van der Waals surface area contributed by atoms with Crippen LogP contribution in [0.5, 0.6) is 0 Å². The van der Waals surface area contributed by atoms with Crippen molar-refractivity contribution in [3.63, 3.8) is 0 Å². The molecule has 0 unspecified atom stereocenters. The number of nitrogens with zero attached hydrogens (tertiary/aromatic N) is 1. The van der Waals surface area contributed by atoms with Gasteiger partial charge in [-0.1, -0.05) is 30.0 Å². The predicted octanol–water partition coefficient (Wildman–Crippen LogP) is 3.20. The first kappa shape index (κ1) is 21.2. The Morgan fingerprint density at radius 2 is 1.93 bits per heavy atom. The fourth-order valence-electron chi connectivity index (χ4n) is 2.42. The normalized spacial score (nSPS) is 13.7. The second-order valence-corrected chi connectivity index (χ2v) is 8.65. The molecule has 8 nitrogen and oxygen atoms in total. The number of rotatable bonds is 9. The van der Waals surface area contributed by atoms with E-state index in [0.717, 1.165) is 11.0 Å². The predicted molar refractivity (Wildman–Crippen MR) is 105 cm³/mol. The van der Waals surface area contributed by atoms with Crippen molar-refractivity contribution in [2.45, 2.75) is 34.6 Å². The number of thioether (sulfide) groups is 1. The summed E-state index contributed by atoms with van der Waals surface area (Å²) in [4.78, 5) is 11.4. The topological polar surface area (TPSA) is 125 Å². The van der Waals surface area contributed by atoms with E-state index < -0.39 is 14.9 Å². The average molecular weight is 412 g/mol. The summed E-state index contributed by atoms with van der Waals surface area (Å²) in [6.07, 6.45) is 0.574. The second kappa shape index (κ2) is 9.18. The first-order chi connectivity index (χ1) is 12.7. The molecule has 3 N–H and O–H groups in total. The number of nitrogens with one attached hydrogen (secondary N) is 1. The highest BCUT2D eigenvalue weighted by molar-refractivity contribution is 7.99. The van der Waals surface area contributed by atoms with E-state index in [1.54, 1.807) is 18.9 Å². The van der Waals surface area contributed by atoms with Crippen molar-refractivity contribution in [1.29, 1.82) is 0 Å². The van der Waals surface area contributed by atoms with Gasteiger partial charge in [-0.25, -0.2) is 13.6 Å². The molecule has 0 amide bonds. The van der Waals surface area contributed by atoms with Gasteiger partial charge in [-0.2, -0.15) is 0 Å². The molecule has 0 aliphatic carbocycles. The van der Waals surface area contributed by atoms with Crippen LogP contribution in [0.3, 0.4) is 0 Å². The minimum atomic E-state index is -4.02. The van der Waals surface area contributed by atoms with E-state index in [-0.39, 0.29) is 27.7 Å². The first-order valence-corrected chi connectivity index (χ1v) is 10.5. The summed E-state index contributed by atoms with van der Waals surface area (Å²) in [6, 6.07) is 13.1. The van der Waals surface area contributed by atoms with Crippen molar-refractivity contribution >= 4 is 33.2 Å². The number of ether oxygens (including phenoxy) is 1. The molecule has 10 heteroatoms. The van der Waals surface area contributed by atoms with Crippen molar-refractivity contribution in [3.8, 4) is 0 Å². The van der Waals surface area contributed by atoms with Crippen LogP contribution in [0.25, 0.3) is 0 Å². The first-order valence-electron chi connectivity index (χ1n) is 8.03. The molecule has 0 bridgehead atoms. The van der Waals surface area contributed by atoms with E-state index in [0.29, 0.717) is 6.42 Å². The molecule has 0 fully saturated rings. The monoisotopic (exact) mass is 411 g/mol. The summed E-state index contributed by atoms with van der Waals surface area (Å²) in [7, 11) is -2.41. The molecular weight excluding hydrogens is 390 g/mol. The van der Waals surface area contributed by atoms with Crippen LogP contribution in [-0.2, 0) is 14.8 Å². The van der Waals surface area contributed by atoms with Gasteiger partial charge in [0.25, 0.3) is 5.69 Å². The molecule has 2 aromatic rings. The third kappa shape index (κ3) is 6.21. The van der Waals surface area contributed by atoms with E-state index in [1.165, 1.54) is 12.1 Å². The lowest BCUT2D eigenvalue weighted by molar-refractivity contribution is -0.384. The Morgan fingerprint density at radius 1 is 1.26 bits per heavy atom. The fraction of sp³-hybridized carbons (Fsp3) is 0.294. The standard InChI is InChI=1S/C17H21N3O5S2/c1-12(10-17(25-2)26-13-6-4-3-5-7-13)19-15-9-8-14(27(18,23)24)11-16(15)20(21)22/h3-9,11-12,17,19H,10H2,1-2H3,(H2,18,23,24)/t12-,17+/m1/s1. The Labute approximate surface area is 162 Å². The molecule has 2 rings (SSSR count). The second-order valence-electron chi connectivity index (χ2n) is 5.86. The van der Waals surface area contributed by atoms with E-state index in [4.69, 9.17) is 9.88 Å². The van der Waals surface area contributed by atoms with Gasteiger partial charge in [0.05, 0.1) is 9.82 Å². The van der Waals surface area contributed by atoms with E-state index in [2.05, 4.69) is 5.32 Å². The van der Waals surface area contributed by atoms with E-state index in [1.807, 2.05) is 37.3 Å². The number of methoxy groups -OCH3 is 1. The summed E-state index contributed by atoms with van der Waals surface area (Å²) < 4.78 is 28.3. The third-order valence-corrected chi connectivity index (χ3v) is 5.82. The molecule has 0 aliphatic rings. The maximum Gasteiger partial charge on any atom is 0.293 e. The van der Waals surface area contributed by atoms with Crippen molar-refractivity contribution in [1.82, 2.24) is 0 Å². The SMILES string of the molecule is CO[C@H](C[C@@H](C)Nc1ccc(S(N)(=O)=O)cc1[N+](=O)[O-])Sc1ccccc1. The zero-order valence-electron chi connectivity index (χ0n) is 14.9. The van der Waals surface area contributed by atoms with Crippen molar-refractivity contribution in [2.24, 2.45) is 5.14 Å². The lowest BCUT2D eigenvalue weighted by Gasteiger charge is -2.21. The van der Waals surface area contributed by atoms with Crippen LogP contribution in [0, 0.1) is 10.1 Å². The van der Waals surface area contributed by atoms with Gasteiger partial charge in [-0.3, -0.25) is 10.1 Å². The van der Waals surface area contributed by atoms with Gasteiger partial charge in [0.15, 0.2) is 0 Å². The number of sulfonamides is 1. The van der Waals surface area contributed by atoms with Crippen LogP contribution in [-0.4, -0.2) is 31.9 Å². The lowest BCUT2D eigenvalue weighted by Crippen LogP contribution is -2.22. The van der Waals surface area contributed by atoms with Crippen LogP contribution in [0.15, 0.2) is 58.3 Å². The highest BCUT2D eigenvalue weighted by Crippen LogP contribution is 2.30. The van der Waals surface area contributed by atoms with Crippen molar-refractivity contribution in [3.05, 3.63) is 58.6 Å². The molecule has 146 valence electrons. The molecule has 0 aliphatic heterocycles. The molecule has 0 saturated heterocycles. The molecule has 0 spiro atoms. The largest absolute Gasteiger partial charge is 0.377 e. The van der Waals surface area contributed by atoms with E-state index >= 15 is 0 Å². The van der Waals surface area contributed by atoms with Crippen molar-refractivity contribution in [2.75, 3.05) is 12.4 Å². The minimum Gasteiger partial charge on any atom is -0.377 e. The Kier molecular flexibility index (Phi) is 7.19. The number of primary sulfonamides is 1. The van der Waals surface area contributed by atoms with Crippen LogP contribution in [0.1, 0.15) is 13.3 Å². The van der Waals surface area contributed by atoms with Crippen molar-refractivity contribution < 1.29 is 18.1 Å². The number of benzene rings is 2. The van der Waals surface area contributed by atoms with Crippen LogP contribution >= 0.6 is 11.8 Å². The van der Waals surface area contributed by atoms with Gasteiger partial charge in [0, 0.05) is 30.5 Å². The van der Waals surface area contributed by atoms with Gasteiger partial charge >= 0.3 is 0 Å². The van der Waals surface area contributed by atoms with Gasteiger partial charge in [-0.05, 0) is 31.2 Å². The maximum absolute atomic E-state index is 11.4. The Balaban J connectivity index is 2.12. The summed E-state index contributed by atoms with van der Waals surface area (Å²) in [5.41, 5.74) is -0.282. The molecule has 2 atom stereocenters. The Bertz CT molecular complexity index is 891. The Hall–Kier alpha value is -2.14. The molecule has 0 heterocycles. The van der Waals surface area contributed by atoms with Gasteiger partial charge < -0.3 is 10.1 Å². The molecule has 27 heavy (non-hydrogen) atoms. The van der Waals surface area contributed by atoms with E-state index in [9.17, 15) is 18.5 Å². The highest BCUT2D eigenvalue weighted by atomic mass is 32.2. The minimum absolute atomic E-state index is 0.155. The lowest BCUT2D eigenvalue weighted by atomic mass is 10.2. The number of hydrogen-bond acceptors (Lipinski definition) is 7. The summed E-state index contributed by atoms with van der Waals surface area (Å²) in [6.45, 7) is 1.87.